The molecule has 20 heavy (non-hydrogen) atoms. The summed E-state index contributed by atoms with van der Waals surface area (Å²) in [5.41, 5.74) is -0.896. The molecule has 1 unspecified atom stereocenters. The third-order valence-corrected chi connectivity index (χ3v) is 3.05. The molecule has 1 aromatic heterocycles. The number of hydrogen-bond acceptors (Lipinski definition) is 6. The number of ether oxygens (including phenoxy) is 2. The van der Waals surface area contributed by atoms with Crippen LogP contribution < -0.4 is 11.0 Å². The lowest BCUT2D eigenvalue weighted by molar-refractivity contribution is -0.141. The fourth-order valence-electron chi connectivity index (χ4n) is 2.00. The van der Waals surface area contributed by atoms with Crippen molar-refractivity contribution in [3.05, 3.63) is 22.7 Å². The lowest BCUT2D eigenvalue weighted by Gasteiger charge is -2.21. The van der Waals surface area contributed by atoms with Crippen LogP contribution in [-0.2, 0) is 9.47 Å². The number of halogens is 2. The number of hydrogen-bond donors (Lipinski definition) is 2. The van der Waals surface area contributed by atoms with E-state index >= 15 is 0 Å². The molecule has 1 saturated heterocycles. The van der Waals surface area contributed by atoms with Crippen LogP contribution in [0.4, 0.5) is 14.6 Å². The maximum Gasteiger partial charge on any atom is 0.351 e. The van der Waals surface area contributed by atoms with E-state index in [4.69, 9.17) is 9.47 Å². The Morgan fingerprint density at radius 2 is 2.35 bits per heavy atom. The average molecular weight is 291 g/mol. The average Bonchev–Trinajstić information content (AvgIpc) is 2.63. The van der Waals surface area contributed by atoms with Gasteiger partial charge in [0.15, 0.2) is 6.10 Å². The monoisotopic (exact) mass is 291 g/mol. The molecule has 1 aromatic rings. The zero-order valence-electron chi connectivity index (χ0n) is 10.9. The Morgan fingerprint density at radius 3 is 2.90 bits per heavy atom. The minimum Gasteiger partial charge on any atom is -0.384 e. The molecular formula is C11H15F2N3O4. The van der Waals surface area contributed by atoms with E-state index in [9.17, 15) is 18.7 Å². The molecular weight excluding hydrogens is 276 g/mol. The van der Waals surface area contributed by atoms with Crippen LogP contribution in [0.5, 0.6) is 0 Å². The fourth-order valence-corrected chi connectivity index (χ4v) is 2.00. The summed E-state index contributed by atoms with van der Waals surface area (Å²) in [7, 11) is 2.85. The highest BCUT2D eigenvalue weighted by molar-refractivity contribution is 5.30. The molecule has 112 valence electrons. The minimum absolute atomic E-state index is 0.204. The summed E-state index contributed by atoms with van der Waals surface area (Å²) in [5, 5.41) is 12.2. The van der Waals surface area contributed by atoms with Gasteiger partial charge in [-0.1, -0.05) is 0 Å². The van der Waals surface area contributed by atoms with E-state index in [0.717, 1.165) is 6.20 Å². The molecule has 0 saturated carbocycles. The molecule has 1 aliphatic heterocycles. The molecule has 1 aliphatic rings. The Morgan fingerprint density at radius 1 is 1.65 bits per heavy atom. The van der Waals surface area contributed by atoms with Crippen molar-refractivity contribution < 1.29 is 23.4 Å². The van der Waals surface area contributed by atoms with E-state index in [1.807, 2.05) is 0 Å². The highest BCUT2D eigenvalue weighted by Crippen LogP contribution is 2.42. The van der Waals surface area contributed by atoms with E-state index in [2.05, 4.69) is 10.3 Å². The fraction of sp³-hybridized carbons (Fsp3) is 0.636. The van der Waals surface area contributed by atoms with Crippen molar-refractivity contribution in [1.82, 2.24) is 9.55 Å². The Balaban J connectivity index is 2.35. The van der Waals surface area contributed by atoms with Gasteiger partial charge in [-0.3, -0.25) is 4.57 Å². The van der Waals surface area contributed by atoms with Gasteiger partial charge in [-0.15, -0.1) is 0 Å². The highest BCUT2D eigenvalue weighted by Gasteiger charge is 2.59. The topological polar surface area (TPSA) is 85.6 Å². The normalized spacial score (nSPS) is 28.6. The molecule has 2 N–H and O–H groups in total. The van der Waals surface area contributed by atoms with Gasteiger partial charge in [0, 0.05) is 20.4 Å². The summed E-state index contributed by atoms with van der Waals surface area (Å²) in [6.45, 7) is -0.204. The van der Waals surface area contributed by atoms with Crippen LogP contribution in [0.1, 0.15) is 6.23 Å². The Hall–Kier alpha value is -1.58. The molecule has 0 bridgehead atoms. The van der Waals surface area contributed by atoms with Gasteiger partial charge in [-0.2, -0.15) is 13.8 Å². The van der Waals surface area contributed by atoms with E-state index in [1.54, 1.807) is 7.05 Å². The van der Waals surface area contributed by atoms with Crippen LogP contribution in [0.15, 0.2) is 17.1 Å². The number of aliphatic hydroxyl groups excluding tert-OH is 1. The van der Waals surface area contributed by atoms with Gasteiger partial charge < -0.3 is 19.9 Å². The second-order valence-electron chi connectivity index (χ2n) is 4.35. The zero-order valence-corrected chi connectivity index (χ0v) is 10.9. The lowest BCUT2D eigenvalue weighted by Crippen LogP contribution is -2.41. The van der Waals surface area contributed by atoms with Crippen molar-refractivity contribution in [2.75, 3.05) is 26.1 Å². The number of nitrogens with zero attached hydrogens (tertiary/aromatic N) is 2. The molecule has 0 spiro atoms. The summed E-state index contributed by atoms with van der Waals surface area (Å²) in [5.74, 6) is -3.36. The lowest BCUT2D eigenvalue weighted by atomic mass is 10.1. The first-order valence-corrected chi connectivity index (χ1v) is 5.89. The van der Waals surface area contributed by atoms with Gasteiger partial charge in [0.2, 0.25) is 6.23 Å². The molecule has 0 aliphatic carbocycles. The second kappa shape index (κ2) is 5.43. The largest absolute Gasteiger partial charge is 0.384 e. The predicted octanol–water partition coefficient (Wildman–Crippen LogP) is -0.175. The molecule has 0 amide bonds. The van der Waals surface area contributed by atoms with Gasteiger partial charge in [0.25, 0.3) is 0 Å². The number of nitrogens with one attached hydrogen (secondary N) is 1. The number of rotatable bonds is 4. The van der Waals surface area contributed by atoms with Crippen molar-refractivity contribution in [2.24, 2.45) is 0 Å². The highest BCUT2D eigenvalue weighted by atomic mass is 19.3. The predicted molar refractivity (Wildman–Crippen MR) is 64.8 cm³/mol. The summed E-state index contributed by atoms with van der Waals surface area (Å²) >= 11 is 0. The van der Waals surface area contributed by atoms with Crippen molar-refractivity contribution in [3.8, 4) is 0 Å². The van der Waals surface area contributed by atoms with Gasteiger partial charge in [0.05, 0.1) is 6.61 Å². The molecule has 0 aromatic carbocycles. The van der Waals surface area contributed by atoms with E-state index in [0.29, 0.717) is 4.57 Å². The third kappa shape index (κ3) is 2.39. The summed E-state index contributed by atoms with van der Waals surface area (Å²) in [4.78, 5) is 15.3. The van der Waals surface area contributed by atoms with Gasteiger partial charge >= 0.3 is 11.6 Å². The van der Waals surface area contributed by atoms with Crippen molar-refractivity contribution >= 4 is 5.82 Å². The Kier molecular flexibility index (Phi) is 4.02. The van der Waals surface area contributed by atoms with Crippen LogP contribution in [0, 0.1) is 0 Å². The van der Waals surface area contributed by atoms with E-state index in [-0.39, 0.29) is 12.4 Å². The van der Waals surface area contributed by atoms with Gasteiger partial charge in [-0.25, -0.2) is 4.79 Å². The maximum atomic E-state index is 14.0. The summed E-state index contributed by atoms with van der Waals surface area (Å²) in [6, 6.07) is 1.36. The molecule has 7 nitrogen and oxygen atoms in total. The standard InChI is InChI=1S/C11H15F2N3O4/c1-14-7-3-4-16(10(18)15-7)9-11(12,13)8(17)6(20-9)5-19-2/h3-4,6,8-9,17H,5H2,1-2H3,(H,14,15,18)/t6-,8?,9-/m1/s1. The first kappa shape index (κ1) is 14.8. The molecule has 3 atom stereocenters. The first-order valence-electron chi connectivity index (χ1n) is 5.89. The number of aromatic nitrogens is 2. The number of methoxy groups -OCH3 is 1. The summed E-state index contributed by atoms with van der Waals surface area (Å²) < 4.78 is 38.4. The summed E-state index contributed by atoms with van der Waals surface area (Å²) in [6.07, 6.45) is -4.04. The first-order chi connectivity index (χ1) is 9.41. The third-order valence-electron chi connectivity index (χ3n) is 3.05. The van der Waals surface area contributed by atoms with Crippen molar-refractivity contribution in [1.29, 1.82) is 0 Å². The van der Waals surface area contributed by atoms with Crippen LogP contribution in [0.3, 0.4) is 0 Å². The molecule has 9 heteroatoms. The Labute approximate surface area is 113 Å². The molecule has 1 fully saturated rings. The van der Waals surface area contributed by atoms with Crippen LogP contribution >= 0.6 is 0 Å². The van der Waals surface area contributed by atoms with Crippen molar-refractivity contribution in [3.63, 3.8) is 0 Å². The molecule has 2 heterocycles. The SMILES string of the molecule is CNc1ccn([C@@H]2O[C@H](COC)C(O)C2(F)F)c(=O)n1. The smallest absolute Gasteiger partial charge is 0.351 e. The van der Waals surface area contributed by atoms with E-state index in [1.165, 1.54) is 13.2 Å². The number of aliphatic hydroxyl groups is 1. The zero-order chi connectivity index (χ0) is 14.9. The number of anilines is 1. The van der Waals surface area contributed by atoms with Gasteiger partial charge in [0.1, 0.15) is 11.9 Å². The molecule has 2 rings (SSSR count). The maximum absolute atomic E-state index is 14.0. The quantitative estimate of drug-likeness (QED) is 0.801. The number of alkyl halides is 2. The second-order valence-corrected chi connectivity index (χ2v) is 4.35. The van der Waals surface area contributed by atoms with E-state index < -0.39 is 30.0 Å². The molecule has 0 radical (unpaired) electrons. The van der Waals surface area contributed by atoms with Crippen LogP contribution in [-0.4, -0.2) is 53.6 Å². The van der Waals surface area contributed by atoms with Crippen molar-refractivity contribution in [2.45, 2.75) is 24.4 Å². The van der Waals surface area contributed by atoms with Crippen LogP contribution in [0.25, 0.3) is 0 Å². The minimum atomic E-state index is -3.62. The Bertz CT molecular complexity index is 537. The van der Waals surface area contributed by atoms with Crippen LogP contribution in [0.2, 0.25) is 0 Å². The van der Waals surface area contributed by atoms with Gasteiger partial charge in [-0.05, 0) is 6.07 Å².